The van der Waals surface area contributed by atoms with Gasteiger partial charge in [-0.2, -0.15) is 0 Å². The summed E-state index contributed by atoms with van der Waals surface area (Å²) in [6.07, 6.45) is 0. The highest BCUT2D eigenvalue weighted by atomic mass is 79.9. The normalized spacial score (nSPS) is 10.0. The third-order valence-electron chi connectivity index (χ3n) is 2.01. The van der Waals surface area contributed by atoms with E-state index in [1.807, 2.05) is 0 Å². The summed E-state index contributed by atoms with van der Waals surface area (Å²) < 4.78 is 4.83. The molecular weight excluding hydrogens is 294 g/mol. The number of esters is 1. The quantitative estimate of drug-likeness (QED) is 0.379. The first kappa shape index (κ1) is 13.2. The Bertz CT molecular complexity index is 490. The number of nitro benzene ring substituents is 1. The summed E-state index contributed by atoms with van der Waals surface area (Å²) in [5, 5.41) is 10.7. The van der Waals surface area contributed by atoms with Crippen LogP contribution in [0.5, 0.6) is 0 Å². The summed E-state index contributed by atoms with van der Waals surface area (Å²) >= 11 is 2.97. The summed E-state index contributed by atoms with van der Waals surface area (Å²) in [4.78, 5) is 21.6. The molecular formula is C9H10BrN3O4. The van der Waals surface area contributed by atoms with Crippen LogP contribution in [-0.4, -0.2) is 17.5 Å². The van der Waals surface area contributed by atoms with Crippen LogP contribution in [0.4, 0.5) is 17.1 Å². The van der Waals surface area contributed by atoms with Gasteiger partial charge in [0.1, 0.15) is 5.69 Å². The number of carbonyl (C=O) groups excluding carboxylic acids is 1. The van der Waals surface area contributed by atoms with Crippen LogP contribution < -0.4 is 11.5 Å². The summed E-state index contributed by atoms with van der Waals surface area (Å²) in [7, 11) is 0. The summed E-state index contributed by atoms with van der Waals surface area (Å²) in [5.41, 5.74) is 10.3. The van der Waals surface area contributed by atoms with E-state index in [0.717, 1.165) is 0 Å². The fraction of sp³-hybridized carbons (Fsp3) is 0.222. The number of nitrogens with zero attached hydrogens (tertiary/aromatic N) is 1. The lowest BCUT2D eigenvalue weighted by atomic mass is 10.1. The number of carbonyl (C=O) groups is 1. The second kappa shape index (κ2) is 5.00. The number of nitrogen functional groups attached to an aromatic ring is 2. The van der Waals surface area contributed by atoms with Crippen LogP contribution in [0, 0.1) is 10.1 Å². The topological polar surface area (TPSA) is 121 Å². The van der Waals surface area contributed by atoms with Crippen molar-refractivity contribution in [3.05, 3.63) is 26.2 Å². The molecule has 0 fully saturated rings. The van der Waals surface area contributed by atoms with Crippen molar-refractivity contribution in [3.63, 3.8) is 0 Å². The molecule has 0 heterocycles. The highest BCUT2D eigenvalue weighted by molar-refractivity contribution is 9.10. The SMILES string of the molecule is CCOC(=O)c1cc(Br)c([N+](=O)[O-])c(N)c1N. The number of hydrogen-bond donors (Lipinski definition) is 2. The monoisotopic (exact) mass is 303 g/mol. The molecule has 0 radical (unpaired) electrons. The fourth-order valence-electron chi connectivity index (χ4n) is 1.24. The molecule has 0 aromatic heterocycles. The Morgan fingerprint density at radius 1 is 1.53 bits per heavy atom. The van der Waals surface area contributed by atoms with Crippen LogP contribution in [0.1, 0.15) is 17.3 Å². The lowest BCUT2D eigenvalue weighted by molar-refractivity contribution is -0.384. The highest BCUT2D eigenvalue weighted by Gasteiger charge is 2.25. The average Bonchev–Trinajstić information content (AvgIpc) is 2.23. The lowest BCUT2D eigenvalue weighted by Gasteiger charge is -2.09. The van der Waals surface area contributed by atoms with E-state index in [1.165, 1.54) is 6.07 Å². The molecule has 1 rings (SSSR count). The molecule has 7 nitrogen and oxygen atoms in total. The van der Waals surface area contributed by atoms with Crippen molar-refractivity contribution in [2.75, 3.05) is 18.1 Å². The number of ether oxygens (including phenoxy) is 1. The average molecular weight is 304 g/mol. The first-order chi connectivity index (χ1) is 7.90. The summed E-state index contributed by atoms with van der Waals surface area (Å²) in [5.74, 6) is -0.674. The molecule has 1 aromatic rings. The Kier molecular flexibility index (Phi) is 3.89. The Morgan fingerprint density at radius 3 is 2.59 bits per heavy atom. The molecule has 0 saturated carbocycles. The van der Waals surface area contributed by atoms with Crippen LogP contribution in [0.15, 0.2) is 10.5 Å². The maximum Gasteiger partial charge on any atom is 0.340 e. The van der Waals surface area contributed by atoms with E-state index in [-0.39, 0.29) is 33.7 Å². The zero-order chi connectivity index (χ0) is 13.2. The Balaban J connectivity index is 3.39. The van der Waals surface area contributed by atoms with Crippen molar-refractivity contribution in [1.82, 2.24) is 0 Å². The van der Waals surface area contributed by atoms with Gasteiger partial charge in [0.2, 0.25) is 0 Å². The van der Waals surface area contributed by atoms with Gasteiger partial charge in [-0.25, -0.2) is 4.79 Å². The predicted octanol–water partition coefficient (Wildman–Crippen LogP) is 1.70. The Hall–Kier alpha value is -1.83. The molecule has 0 aliphatic rings. The first-order valence-corrected chi connectivity index (χ1v) is 5.38. The van der Waals surface area contributed by atoms with E-state index in [4.69, 9.17) is 16.2 Å². The van der Waals surface area contributed by atoms with Crippen molar-refractivity contribution in [2.45, 2.75) is 6.92 Å². The molecule has 0 atom stereocenters. The molecule has 8 heteroatoms. The molecule has 17 heavy (non-hydrogen) atoms. The van der Waals surface area contributed by atoms with Crippen molar-refractivity contribution < 1.29 is 14.5 Å². The third kappa shape index (κ3) is 2.47. The van der Waals surface area contributed by atoms with Crippen LogP contribution in [0.3, 0.4) is 0 Å². The van der Waals surface area contributed by atoms with Crippen molar-refractivity contribution in [1.29, 1.82) is 0 Å². The number of nitro groups is 1. The molecule has 1 aromatic carbocycles. The van der Waals surface area contributed by atoms with Crippen molar-refractivity contribution >= 4 is 39.0 Å². The molecule has 0 spiro atoms. The van der Waals surface area contributed by atoms with Crippen LogP contribution in [0.2, 0.25) is 0 Å². The van der Waals surface area contributed by atoms with E-state index < -0.39 is 10.9 Å². The van der Waals surface area contributed by atoms with Crippen LogP contribution >= 0.6 is 15.9 Å². The van der Waals surface area contributed by atoms with Gasteiger partial charge in [0.05, 0.1) is 27.3 Å². The largest absolute Gasteiger partial charge is 0.462 e. The maximum absolute atomic E-state index is 11.5. The number of anilines is 2. The van der Waals surface area contributed by atoms with Gasteiger partial charge in [-0.1, -0.05) is 0 Å². The number of rotatable bonds is 3. The first-order valence-electron chi connectivity index (χ1n) is 4.59. The van der Waals surface area contributed by atoms with E-state index >= 15 is 0 Å². The number of benzene rings is 1. The van der Waals surface area contributed by atoms with Crippen LogP contribution in [0.25, 0.3) is 0 Å². The summed E-state index contributed by atoms with van der Waals surface area (Å²) in [6, 6.07) is 1.22. The van der Waals surface area contributed by atoms with E-state index in [2.05, 4.69) is 15.9 Å². The molecule has 0 aliphatic heterocycles. The van der Waals surface area contributed by atoms with Gasteiger partial charge in [-0.15, -0.1) is 0 Å². The molecule has 0 saturated heterocycles. The third-order valence-corrected chi connectivity index (χ3v) is 2.62. The van der Waals surface area contributed by atoms with E-state index in [0.29, 0.717) is 0 Å². The van der Waals surface area contributed by atoms with Gasteiger partial charge in [0, 0.05) is 0 Å². The minimum atomic E-state index is -0.676. The molecule has 0 unspecified atom stereocenters. The lowest BCUT2D eigenvalue weighted by Crippen LogP contribution is -2.11. The molecule has 92 valence electrons. The molecule has 0 amide bonds. The zero-order valence-corrected chi connectivity index (χ0v) is 10.5. The fourth-order valence-corrected chi connectivity index (χ4v) is 1.82. The number of hydrogen-bond acceptors (Lipinski definition) is 6. The van der Waals surface area contributed by atoms with E-state index in [1.54, 1.807) is 6.92 Å². The van der Waals surface area contributed by atoms with Gasteiger partial charge >= 0.3 is 11.7 Å². The summed E-state index contributed by atoms with van der Waals surface area (Å²) in [6.45, 7) is 1.81. The van der Waals surface area contributed by atoms with Gasteiger partial charge in [0.15, 0.2) is 0 Å². The second-order valence-electron chi connectivity index (χ2n) is 3.06. The Morgan fingerprint density at radius 2 is 2.12 bits per heavy atom. The zero-order valence-electron chi connectivity index (χ0n) is 8.90. The second-order valence-corrected chi connectivity index (χ2v) is 3.91. The van der Waals surface area contributed by atoms with Crippen molar-refractivity contribution in [2.24, 2.45) is 0 Å². The predicted molar refractivity (Wildman–Crippen MR) is 65.6 cm³/mol. The van der Waals surface area contributed by atoms with Gasteiger partial charge in [-0.3, -0.25) is 10.1 Å². The molecule has 4 N–H and O–H groups in total. The van der Waals surface area contributed by atoms with Gasteiger partial charge < -0.3 is 16.2 Å². The van der Waals surface area contributed by atoms with E-state index in [9.17, 15) is 14.9 Å². The number of nitrogens with two attached hydrogens (primary N) is 2. The standard InChI is InChI=1S/C9H10BrN3O4/c1-2-17-9(14)4-3-5(10)8(13(15)16)7(12)6(4)11/h3H,2,11-12H2,1H3. The van der Waals surface area contributed by atoms with Crippen molar-refractivity contribution in [3.8, 4) is 0 Å². The minimum Gasteiger partial charge on any atom is -0.462 e. The number of halogens is 1. The van der Waals surface area contributed by atoms with Gasteiger partial charge in [-0.05, 0) is 28.9 Å². The molecule has 0 aliphatic carbocycles. The molecule has 0 bridgehead atoms. The Labute approximate surface area is 105 Å². The maximum atomic E-state index is 11.5. The van der Waals surface area contributed by atoms with Gasteiger partial charge in [0.25, 0.3) is 0 Å². The van der Waals surface area contributed by atoms with Crippen LogP contribution in [-0.2, 0) is 4.74 Å². The minimum absolute atomic E-state index is 0.00169. The smallest absolute Gasteiger partial charge is 0.340 e. The highest BCUT2D eigenvalue weighted by Crippen LogP contribution is 2.37.